The largest absolute Gasteiger partial charge is 0.332 e. The lowest BCUT2D eigenvalue weighted by molar-refractivity contribution is 0.655. The first kappa shape index (κ1) is 16.5. The van der Waals surface area contributed by atoms with Crippen LogP contribution in [-0.4, -0.2) is 18.7 Å². The summed E-state index contributed by atoms with van der Waals surface area (Å²) in [5, 5.41) is 0.785. The molecule has 0 aliphatic carbocycles. The molecule has 6 nitrogen and oxygen atoms in total. The third-order valence-electron chi connectivity index (χ3n) is 3.90. The van der Waals surface area contributed by atoms with E-state index >= 15 is 0 Å². The van der Waals surface area contributed by atoms with Crippen molar-refractivity contribution in [2.45, 2.75) is 6.54 Å². The van der Waals surface area contributed by atoms with Crippen molar-refractivity contribution in [2.75, 3.05) is 0 Å². The number of hydrogen-bond donors (Lipinski definition) is 0. The predicted octanol–water partition coefficient (Wildman–Crippen LogP) is 2.43. The summed E-state index contributed by atoms with van der Waals surface area (Å²) < 4.78 is 4.12. The fourth-order valence-electron chi connectivity index (χ4n) is 2.60. The third-order valence-corrected chi connectivity index (χ3v) is 4.64. The maximum Gasteiger partial charge on any atom is 0.332 e. The second-order valence-corrected chi connectivity index (χ2v) is 6.20. The van der Waals surface area contributed by atoms with Gasteiger partial charge in [-0.1, -0.05) is 35.8 Å². The highest BCUT2D eigenvalue weighted by atomic mass is 35.5. The molecule has 3 rings (SSSR count). The van der Waals surface area contributed by atoms with Gasteiger partial charge in [0.05, 0.1) is 16.6 Å². The first-order valence-corrected chi connectivity index (χ1v) is 7.83. The highest BCUT2D eigenvalue weighted by molar-refractivity contribution is 6.42. The van der Waals surface area contributed by atoms with Gasteiger partial charge in [-0.15, -0.1) is 0 Å². The van der Waals surface area contributed by atoms with Crippen molar-refractivity contribution in [3.63, 3.8) is 0 Å². The quantitative estimate of drug-likeness (QED) is 0.716. The van der Waals surface area contributed by atoms with Gasteiger partial charge in [-0.25, -0.2) is 9.78 Å². The number of aryl methyl sites for hydroxylation is 2. The second kappa shape index (κ2) is 5.96. The summed E-state index contributed by atoms with van der Waals surface area (Å²) in [6.07, 6.45) is 1.53. The van der Waals surface area contributed by atoms with Crippen LogP contribution in [0.1, 0.15) is 11.4 Å². The average Bonchev–Trinajstić information content (AvgIpc) is 2.89. The van der Waals surface area contributed by atoms with Gasteiger partial charge < -0.3 is 4.57 Å². The molecule has 0 aliphatic heterocycles. The lowest BCUT2D eigenvalue weighted by Crippen LogP contribution is -2.39. The van der Waals surface area contributed by atoms with E-state index in [2.05, 4.69) is 11.6 Å². The average molecular weight is 365 g/mol. The number of halogens is 2. The minimum absolute atomic E-state index is 0.0902. The smallest absolute Gasteiger partial charge is 0.322 e. The van der Waals surface area contributed by atoms with Crippen LogP contribution in [0.4, 0.5) is 0 Å². The molecule has 0 unspecified atom stereocenters. The predicted molar refractivity (Wildman–Crippen MR) is 95.9 cm³/mol. The summed E-state index contributed by atoms with van der Waals surface area (Å²) in [4.78, 5) is 29.6. The SMILES string of the molecule is C=Cc1nc2c(c(=O)n(Cc3ccc(Cl)c(Cl)c3)c(=O)n2C)n1C. The monoisotopic (exact) mass is 364 g/mol. The van der Waals surface area contributed by atoms with Crippen LogP contribution in [0.2, 0.25) is 10.0 Å². The second-order valence-electron chi connectivity index (χ2n) is 5.39. The molecule has 0 fully saturated rings. The van der Waals surface area contributed by atoms with E-state index in [0.29, 0.717) is 32.6 Å². The zero-order valence-corrected chi connectivity index (χ0v) is 14.6. The van der Waals surface area contributed by atoms with E-state index in [4.69, 9.17) is 23.2 Å². The molecule has 0 aliphatic rings. The molecule has 0 atom stereocenters. The Hall–Kier alpha value is -2.31. The molecule has 0 bridgehead atoms. The van der Waals surface area contributed by atoms with Crippen LogP contribution in [0, 0.1) is 0 Å². The van der Waals surface area contributed by atoms with Crippen molar-refractivity contribution in [1.29, 1.82) is 0 Å². The van der Waals surface area contributed by atoms with Crippen molar-refractivity contribution in [3.8, 4) is 0 Å². The summed E-state index contributed by atoms with van der Waals surface area (Å²) in [7, 11) is 3.29. The van der Waals surface area contributed by atoms with E-state index in [9.17, 15) is 9.59 Å². The Labute approximate surface area is 147 Å². The summed E-state index contributed by atoms with van der Waals surface area (Å²) in [6.45, 7) is 3.76. The molecular formula is C16H14Cl2N4O2. The number of fused-ring (bicyclic) bond motifs is 1. The summed E-state index contributed by atoms with van der Waals surface area (Å²) in [5.41, 5.74) is 0.503. The Kier molecular flexibility index (Phi) is 4.11. The minimum atomic E-state index is -0.452. The highest BCUT2D eigenvalue weighted by Gasteiger charge is 2.17. The fourth-order valence-corrected chi connectivity index (χ4v) is 2.92. The molecule has 0 radical (unpaired) electrons. The van der Waals surface area contributed by atoms with Crippen LogP contribution >= 0.6 is 23.2 Å². The zero-order chi connectivity index (χ0) is 17.6. The molecule has 8 heteroatoms. The fraction of sp³-hybridized carbons (Fsp3) is 0.188. The van der Waals surface area contributed by atoms with E-state index in [1.54, 1.807) is 36.9 Å². The molecule has 1 aromatic carbocycles. The Morgan fingerprint density at radius 2 is 1.88 bits per heavy atom. The molecule has 0 amide bonds. The summed E-state index contributed by atoms with van der Waals surface area (Å²) >= 11 is 11.9. The zero-order valence-electron chi connectivity index (χ0n) is 13.1. The number of imidazole rings is 1. The Morgan fingerprint density at radius 1 is 1.17 bits per heavy atom. The van der Waals surface area contributed by atoms with Crippen molar-refractivity contribution < 1.29 is 0 Å². The van der Waals surface area contributed by atoms with Gasteiger partial charge in [0.1, 0.15) is 5.82 Å². The van der Waals surface area contributed by atoms with Gasteiger partial charge in [-0.05, 0) is 23.8 Å². The number of rotatable bonds is 3. The molecule has 0 saturated carbocycles. The van der Waals surface area contributed by atoms with Gasteiger partial charge >= 0.3 is 5.69 Å². The van der Waals surface area contributed by atoms with Gasteiger partial charge in [0.25, 0.3) is 5.56 Å². The Bertz CT molecular complexity index is 1090. The van der Waals surface area contributed by atoms with Gasteiger partial charge in [0, 0.05) is 14.1 Å². The molecular weight excluding hydrogens is 351 g/mol. The number of nitrogens with zero attached hydrogens (tertiary/aromatic N) is 4. The Morgan fingerprint density at radius 3 is 2.50 bits per heavy atom. The van der Waals surface area contributed by atoms with Crippen LogP contribution in [0.15, 0.2) is 34.4 Å². The lowest BCUT2D eigenvalue weighted by atomic mass is 10.2. The number of hydrogen-bond acceptors (Lipinski definition) is 3. The molecule has 0 N–H and O–H groups in total. The van der Waals surface area contributed by atoms with E-state index in [0.717, 1.165) is 4.57 Å². The molecule has 0 saturated heterocycles. The number of benzene rings is 1. The standard InChI is InChI=1S/C16H14Cl2N4O2/c1-4-12-19-14-13(20(12)2)15(23)22(16(24)21(14)3)8-9-5-6-10(17)11(18)7-9/h4-7H,1,8H2,2-3H3. The molecule has 2 heterocycles. The molecule has 2 aromatic heterocycles. The van der Waals surface area contributed by atoms with Crippen LogP contribution in [0.25, 0.3) is 17.2 Å². The van der Waals surface area contributed by atoms with Crippen LogP contribution in [-0.2, 0) is 20.6 Å². The minimum Gasteiger partial charge on any atom is -0.322 e. The number of aromatic nitrogens is 4. The van der Waals surface area contributed by atoms with Crippen molar-refractivity contribution in [1.82, 2.24) is 18.7 Å². The third kappa shape index (κ3) is 2.48. The van der Waals surface area contributed by atoms with Crippen LogP contribution in [0.5, 0.6) is 0 Å². The molecule has 124 valence electrons. The summed E-state index contributed by atoms with van der Waals surface area (Å²) in [6, 6.07) is 4.99. The van der Waals surface area contributed by atoms with Gasteiger partial charge in [0.2, 0.25) is 0 Å². The van der Waals surface area contributed by atoms with Crippen molar-refractivity contribution >= 4 is 40.4 Å². The maximum absolute atomic E-state index is 12.8. The van der Waals surface area contributed by atoms with Gasteiger partial charge in [0.15, 0.2) is 11.2 Å². The summed E-state index contributed by atoms with van der Waals surface area (Å²) in [5.74, 6) is 0.518. The Balaban J connectivity index is 2.26. The van der Waals surface area contributed by atoms with Crippen molar-refractivity contribution in [2.24, 2.45) is 14.1 Å². The maximum atomic E-state index is 12.8. The van der Waals surface area contributed by atoms with E-state index < -0.39 is 11.2 Å². The topological polar surface area (TPSA) is 61.8 Å². The van der Waals surface area contributed by atoms with Crippen LogP contribution in [0.3, 0.4) is 0 Å². The van der Waals surface area contributed by atoms with Gasteiger partial charge in [-0.2, -0.15) is 0 Å². The van der Waals surface area contributed by atoms with Gasteiger partial charge in [-0.3, -0.25) is 13.9 Å². The first-order valence-electron chi connectivity index (χ1n) is 7.07. The van der Waals surface area contributed by atoms with E-state index in [1.807, 2.05) is 0 Å². The van der Waals surface area contributed by atoms with E-state index in [1.165, 1.54) is 10.6 Å². The van der Waals surface area contributed by atoms with E-state index in [-0.39, 0.29) is 6.54 Å². The molecule has 0 spiro atoms. The van der Waals surface area contributed by atoms with Crippen molar-refractivity contribution in [3.05, 3.63) is 67.0 Å². The lowest BCUT2D eigenvalue weighted by Gasteiger charge is -2.09. The molecule has 3 aromatic rings. The highest BCUT2D eigenvalue weighted by Crippen LogP contribution is 2.22. The normalized spacial score (nSPS) is 11.2. The van der Waals surface area contributed by atoms with Crippen LogP contribution < -0.4 is 11.2 Å². The first-order chi connectivity index (χ1) is 11.3. The molecule has 24 heavy (non-hydrogen) atoms.